The third-order valence-corrected chi connectivity index (χ3v) is 6.02. The molecule has 0 bridgehead atoms. The lowest BCUT2D eigenvalue weighted by Crippen LogP contribution is -2.41. The summed E-state index contributed by atoms with van der Waals surface area (Å²) in [6.45, 7) is 3.78. The fraction of sp³-hybridized carbons (Fsp3) is 0.381. The molecule has 166 valence electrons. The standard InChI is InChI=1S/C21H26F2N6OS/c1-12-6-3-4-9-29(11-12)19(26-2)15(10-24)27-20(30)17-18(25)31-21(28-17)16-13(22)7-5-8-14(16)23/h5,7-8,10,12H,3-4,6,9,11,24-25H2,1-2H3,(H,27,30)/b15-10+,26-19?/t12-/m1/s1. The van der Waals surface area contributed by atoms with Gasteiger partial charge < -0.3 is 21.7 Å². The lowest BCUT2D eigenvalue weighted by Gasteiger charge is -2.27. The van der Waals surface area contributed by atoms with Crippen molar-refractivity contribution in [1.82, 2.24) is 15.2 Å². The van der Waals surface area contributed by atoms with Gasteiger partial charge in [0.25, 0.3) is 5.91 Å². The predicted molar refractivity (Wildman–Crippen MR) is 120 cm³/mol. The van der Waals surface area contributed by atoms with Gasteiger partial charge in [-0.3, -0.25) is 9.79 Å². The highest BCUT2D eigenvalue weighted by Gasteiger charge is 2.25. The van der Waals surface area contributed by atoms with Crippen molar-refractivity contribution >= 4 is 28.1 Å². The largest absolute Gasteiger partial charge is 0.403 e. The second-order valence-corrected chi connectivity index (χ2v) is 8.49. The van der Waals surface area contributed by atoms with Crippen molar-refractivity contribution in [1.29, 1.82) is 0 Å². The molecule has 2 heterocycles. The van der Waals surface area contributed by atoms with Gasteiger partial charge in [-0.15, -0.1) is 0 Å². The molecule has 10 heteroatoms. The summed E-state index contributed by atoms with van der Waals surface area (Å²) in [7, 11) is 1.64. The Labute approximate surface area is 183 Å². The third-order valence-electron chi connectivity index (χ3n) is 5.12. The van der Waals surface area contributed by atoms with E-state index >= 15 is 0 Å². The average Bonchev–Trinajstić information content (AvgIpc) is 2.97. The van der Waals surface area contributed by atoms with Crippen molar-refractivity contribution in [3.8, 4) is 10.6 Å². The molecule has 31 heavy (non-hydrogen) atoms. The van der Waals surface area contributed by atoms with Crippen LogP contribution in [0.15, 0.2) is 35.1 Å². The molecule has 3 rings (SSSR count). The lowest BCUT2D eigenvalue weighted by atomic mass is 10.1. The number of thiazole rings is 1. The fourth-order valence-electron chi connectivity index (χ4n) is 3.64. The molecule has 2 aromatic rings. The molecule has 1 amide bonds. The lowest BCUT2D eigenvalue weighted by molar-refractivity contribution is 0.0964. The Morgan fingerprint density at radius 1 is 1.35 bits per heavy atom. The molecule has 0 saturated carbocycles. The molecule has 1 aromatic carbocycles. The van der Waals surface area contributed by atoms with E-state index in [-0.39, 0.29) is 21.3 Å². The number of nitrogen functional groups attached to an aromatic ring is 1. The Hall–Kier alpha value is -3.01. The topological polar surface area (TPSA) is 110 Å². The first-order valence-corrected chi connectivity index (χ1v) is 10.8. The molecular weight excluding hydrogens is 422 g/mol. The van der Waals surface area contributed by atoms with Crippen molar-refractivity contribution in [3.05, 3.63) is 47.4 Å². The average molecular weight is 449 g/mol. The van der Waals surface area contributed by atoms with Gasteiger partial charge in [-0.2, -0.15) is 0 Å². The summed E-state index contributed by atoms with van der Waals surface area (Å²) < 4.78 is 28.2. The molecule has 0 unspecified atom stereocenters. The smallest absolute Gasteiger partial charge is 0.277 e. The van der Waals surface area contributed by atoms with E-state index in [0.29, 0.717) is 17.5 Å². The van der Waals surface area contributed by atoms with Gasteiger partial charge in [-0.05, 0) is 30.9 Å². The van der Waals surface area contributed by atoms with Crippen LogP contribution < -0.4 is 16.8 Å². The second-order valence-electron chi connectivity index (χ2n) is 7.46. The normalized spacial score (nSPS) is 18.1. The fourth-order valence-corrected chi connectivity index (χ4v) is 4.51. The van der Waals surface area contributed by atoms with Gasteiger partial charge in [-0.1, -0.05) is 30.7 Å². The molecule has 1 fully saturated rings. The van der Waals surface area contributed by atoms with Crippen molar-refractivity contribution in [2.45, 2.75) is 26.2 Å². The number of aromatic nitrogens is 1. The number of anilines is 1. The zero-order chi connectivity index (χ0) is 22.5. The number of carbonyl (C=O) groups is 1. The van der Waals surface area contributed by atoms with Crippen LogP contribution in [0.1, 0.15) is 36.7 Å². The van der Waals surface area contributed by atoms with E-state index in [1.807, 2.05) is 0 Å². The summed E-state index contributed by atoms with van der Waals surface area (Å²) in [6, 6.07) is 3.50. The van der Waals surface area contributed by atoms with Crippen molar-refractivity contribution in [2.75, 3.05) is 25.9 Å². The van der Waals surface area contributed by atoms with Crippen LogP contribution in [0.5, 0.6) is 0 Å². The van der Waals surface area contributed by atoms with Gasteiger partial charge in [0.15, 0.2) is 5.69 Å². The van der Waals surface area contributed by atoms with Crippen LogP contribution in [0.25, 0.3) is 10.6 Å². The van der Waals surface area contributed by atoms with Gasteiger partial charge >= 0.3 is 0 Å². The molecule has 1 saturated heterocycles. The number of carbonyl (C=O) groups excluding carboxylic acids is 1. The van der Waals surface area contributed by atoms with Crippen LogP contribution in [0.2, 0.25) is 0 Å². The van der Waals surface area contributed by atoms with E-state index in [1.54, 1.807) is 7.05 Å². The molecule has 1 aliphatic rings. The number of likely N-dealkylation sites (tertiary alicyclic amines) is 1. The number of nitrogens with two attached hydrogens (primary N) is 2. The predicted octanol–water partition coefficient (Wildman–Crippen LogP) is 3.35. The Balaban J connectivity index is 1.84. The first kappa shape index (κ1) is 22.7. The van der Waals surface area contributed by atoms with Crippen LogP contribution in [0, 0.1) is 17.6 Å². The van der Waals surface area contributed by atoms with Crippen molar-refractivity contribution < 1.29 is 13.6 Å². The summed E-state index contributed by atoms with van der Waals surface area (Å²) in [5.41, 5.74) is 11.6. The summed E-state index contributed by atoms with van der Waals surface area (Å²) in [5, 5.41) is 2.74. The molecule has 5 N–H and O–H groups in total. The summed E-state index contributed by atoms with van der Waals surface area (Å²) in [4.78, 5) is 23.4. The van der Waals surface area contributed by atoms with E-state index < -0.39 is 17.5 Å². The maximum absolute atomic E-state index is 14.1. The monoisotopic (exact) mass is 448 g/mol. The molecular formula is C21H26F2N6OS. The number of hydrogen-bond acceptors (Lipinski definition) is 6. The highest BCUT2D eigenvalue weighted by Crippen LogP contribution is 2.33. The number of hydrogen-bond donors (Lipinski definition) is 3. The number of aliphatic imine (C=N–C) groups is 1. The minimum atomic E-state index is -0.779. The molecule has 7 nitrogen and oxygen atoms in total. The Bertz CT molecular complexity index is 999. The van der Waals surface area contributed by atoms with Crippen molar-refractivity contribution in [3.63, 3.8) is 0 Å². The van der Waals surface area contributed by atoms with Gasteiger partial charge in [0, 0.05) is 26.3 Å². The van der Waals surface area contributed by atoms with E-state index in [2.05, 4.69) is 27.1 Å². The summed E-state index contributed by atoms with van der Waals surface area (Å²) >= 11 is 0.839. The zero-order valence-corrected chi connectivity index (χ0v) is 18.3. The molecule has 0 radical (unpaired) electrons. The first-order valence-electron chi connectivity index (χ1n) is 10.0. The second kappa shape index (κ2) is 9.86. The summed E-state index contributed by atoms with van der Waals surface area (Å²) in [6.07, 6.45) is 4.56. The molecule has 0 spiro atoms. The number of halogens is 2. The quantitative estimate of drug-likeness (QED) is 0.491. The minimum absolute atomic E-state index is 0.0118. The highest BCUT2D eigenvalue weighted by molar-refractivity contribution is 7.19. The number of amidine groups is 1. The molecule has 0 aliphatic carbocycles. The number of benzene rings is 1. The van der Waals surface area contributed by atoms with Gasteiger partial charge in [0.1, 0.15) is 27.5 Å². The van der Waals surface area contributed by atoms with Crippen LogP contribution >= 0.6 is 11.3 Å². The van der Waals surface area contributed by atoms with Gasteiger partial charge in [0.2, 0.25) is 0 Å². The molecule has 1 aliphatic heterocycles. The number of rotatable bonds is 4. The minimum Gasteiger partial charge on any atom is -0.403 e. The third kappa shape index (κ3) is 5.01. The maximum Gasteiger partial charge on any atom is 0.277 e. The Morgan fingerprint density at radius 3 is 2.71 bits per heavy atom. The summed E-state index contributed by atoms with van der Waals surface area (Å²) in [5.74, 6) is -1.13. The SMILES string of the molecule is CN=C(/C(=C\N)NC(=O)c1nc(-c2c(F)cccc2F)sc1N)N1CCCC[C@@H](C)C1. The molecule has 1 aromatic heterocycles. The van der Waals surface area contributed by atoms with Crippen LogP contribution in [-0.4, -0.2) is 41.8 Å². The molecule has 1 atom stereocenters. The van der Waals surface area contributed by atoms with Gasteiger partial charge in [-0.25, -0.2) is 13.8 Å². The van der Waals surface area contributed by atoms with Crippen LogP contribution in [0.3, 0.4) is 0 Å². The van der Waals surface area contributed by atoms with E-state index in [4.69, 9.17) is 11.5 Å². The number of nitrogens with zero attached hydrogens (tertiary/aromatic N) is 3. The van der Waals surface area contributed by atoms with E-state index in [0.717, 1.165) is 55.8 Å². The van der Waals surface area contributed by atoms with Crippen molar-refractivity contribution in [2.24, 2.45) is 16.6 Å². The Kier molecular flexibility index (Phi) is 7.21. The van der Waals surface area contributed by atoms with Crippen LogP contribution in [0.4, 0.5) is 13.8 Å². The number of nitrogens with one attached hydrogen (secondary N) is 1. The van der Waals surface area contributed by atoms with E-state index in [1.165, 1.54) is 12.3 Å². The number of amides is 1. The highest BCUT2D eigenvalue weighted by atomic mass is 32.1. The van der Waals surface area contributed by atoms with E-state index in [9.17, 15) is 13.6 Å². The first-order chi connectivity index (χ1) is 14.8. The van der Waals surface area contributed by atoms with Gasteiger partial charge in [0.05, 0.1) is 11.3 Å². The zero-order valence-electron chi connectivity index (χ0n) is 17.5. The maximum atomic E-state index is 14.1. The van der Waals surface area contributed by atoms with Crippen LogP contribution in [-0.2, 0) is 0 Å². The Morgan fingerprint density at radius 2 is 2.06 bits per heavy atom.